The predicted octanol–water partition coefficient (Wildman–Crippen LogP) is 3.18. The van der Waals surface area contributed by atoms with Gasteiger partial charge in [0.2, 0.25) is 5.91 Å². The lowest BCUT2D eigenvalue weighted by Crippen LogP contribution is -2.48. The van der Waals surface area contributed by atoms with Gasteiger partial charge in [-0.25, -0.2) is 0 Å². The van der Waals surface area contributed by atoms with Gasteiger partial charge in [0.25, 0.3) is 11.8 Å². The smallest absolute Gasteiger partial charge is 0.264 e. The van der Waals surface area contributed by atoms with Gasteiger partial charge in [0.15, 0.2) is 0 Å². The van der Waals surface area contributed by atoms with Crippen molar-refractivity contribution >= 4 is 34.7 Å². The SMILES string of the molecule is C[C@@H](c1cccs1)N1C(=O)c2cccc(N3CCC[C@H](C(=O)N4CCOCC4)C3)c2C1=O. The first-order chi connectivity index (χ1) is 15.6. The molecule has 2 saturated heterocycles. The van der Waals surface area contributed by atoms with Crippen molar-refractivity contribution in [3.63, 3.8) is 0 Å². The third kappa shape index (κ3) is 3.61. The number of carbonyl (C=O) groups is 3. The molecule has 0 radical (unpaired) electrons. The number of fused-ring (bicyclic) bond motifs is 1. The molecule has 3 amide bonds. The van der Waals surface area contributed by atoms with Crippen LogP contribution in [0.1, 0.15) is 51.4 Å². The normalized spacial score (nSPS) is 22.3. The average Bonchev–Trinajstić information content (AvgIpc) is 3.46. The maximum atomic E-state index is 13.5. The highest BCUT2D eigenvalue weighted by atomic mass is 32.1. The van der Waals surface area contributed by atoms with Gasteiger partial charge in [-0.3, -0.25) is 19.3 Å². The highest BCUT2D eigenvalue weighted by Gasteiger charge is 2.42. The minimum atomic E-state index is -0.313. The minimum Gasteiger partial charge on any atom is -0.378 e. The fraction of sp³-hybridized carbons (Fsp3) is 0.458. The Labute approximate surface area is 191 Å². The Morgan fingerprint density at radius 1 is 1.09 bits per heavy atom. The van der Waals surface area contributed by atoms with Crippen LogP contribution < -0.4 is 4.90 Å². The van der Waals surface area contributed by atoms with Gasteiger partial charge in [0.1, 0.15) is 0 Å². The molecule has 2 aromatic rings. The maximum Gasteiger partial charge on any atom is 0.264 e. The summed E-state index contributed by atoms with van der Waals surface area (Å²) in [6, 6.07) is 9.05. The Balaban J connectivity index is 1.40. The molecule has 0 saturated carbocycles. The fourth-order valence-electron chi connectivity index (χ4n) is 5.00. The molecule has 168 valence electrons. The number of morpholine rings is 1. The zero-order valence-corrected chi connectivity index (χ0v) is 19.0. The highest BCUT2D eigenvalue weighted by Crippen LogP contribution is 2.38. The molecule has 0 unspecified atom stereocenters. The van der Waals surface area contributed by atoms with Crippen molar-refractivity contribution in [3.8, 4) is 0 Å². The van der Waals surface area contributed by atoms with E-state index >= 15 is 0 Å². The summed E-state index contributed by atoms with van der Waals surface area (Å²) in [5.74, 6) is -0.430. The van der Waals surface area contributed by atoms with Crippen LogP contribution in [0.15, 0.2) is 35.7 Å². The predicted molar refractivity (Wildman–Crippen MR) is 122 cm³/mol. The van der Waals surface area contributed by atoms with Crippen LogP contribution >= 0.6 is 11.3 Å². The lowest BCUT2D eigenvalue weighted by atomic mass is 9.94. The lowest BCUT2D eigenvalue weighted by Gasteiger charge is -2.37. The fourth-order valence-corrected chi connectivity index (χ4v) is 5.77. The molecule has 32 heavy (non-hydrogen) atoms. The number of thiophene rings is 1. The molecule has 0 spiro atoms. The molecule has 1 aromatic heterocycles. The van der Waals surface area contributed by atoms with E-state index in [4.69, 9.17) is 4.74 Å². The van der Waals surface area contributed by atoms with Crippen LogP contribution in [0.2, 0.25) is 0 Å². The van der Waals surface area contributed by atoms with Crippen molar-refractivity contribution in [2.24, 2.45) is 5.92 Å². The molecular formula is C24H27N3O4S. The second-order valence-corrected chi connectivity index (χ2v) is 9.57. The molecule has 1 aromatic carbocycles. The number of imide groups is 1. The summed E-state index contributed by atoms with van der Waals surface area (Å²) >= 11 is 1.54. The third-order valence-corrected chi connectivity index (χ3v) is 7.74. The largest absolute Gasteiger partial charge is 0.378 e. The topological polar surface area (TPSA) is 70.2 Å². The molecule has 8 heteroatoms. The first-order valence-corrected chi connectivity index (χ1v) is 12.1. The number of benzene rings is 1. The molecule has 0 N–H and O–H groups in total. The minimum absolute atomic E-state index is 0.106. The second kappa shape index (κ2) is 8.67. The Kier molecular flexibility index (Phi) is 5.73. The van der Waals surface area contributed by atoms with Crippen LogP contribution in [-0.4, -0.2) is 66.9 Å². The number of ether oxygens (including phenoxy) is 1. The van der Waals surface area contributed by atoms with Gasteiger partial charge < -0.3 is 14.5 Å². The zero-order chi connectivity index (χ0) is 22.2. The molecule has 3 aliphatic rings. The first-order valence-electron chi connectivity index (χ1n) is 11.2. The van der Waals surface area contributed by atoms with Gasteiger partial charge in [-0.1, -0.05) is 12.1 Å². The number of anilines is 1. The van der Waals surface area contributed by atoms with Gasteiger partial charge in [0, 0.05) is 31.1 Å². The van der Waals surface area contributed by atoms with Gasteiger partial charge in [0.05, 0.1) is 42.0 Å². The average molecular weight is 454 g/mol. The molecule has 4 heterocycles. The Hall–Kier alpha value is -2.71. The van der Waals surface area contributed by atoms with E-state index in [1.165, 1.54) is 4.90 Å². The second-order valence-electron chi connectivity index (χ2n) is 8.59. The summed E-state index contributed by atoms with van der Waals surface area (Å²) < 4.78 is 5.38. The van der Waals surface area contributed by atoms with Crippen molar-refractivity contribution in [1.29, 1.82) is 0 Å². The van der Waals surface area contributed by atoms with Crippen molar-refractivity contribution < 1.29 is 19.1 Å². The number of piperidine rings is 1. The van der Waals surface area contributed by atoms with E-state index in [1.807, 2.05) is 41.5 Å². The summed E-state index contributed by atoms with van der Waals surface area (Å²) in [6.07, 6.45) is 1.72. The molecule has 0 aliphatic carbocycles. The van der Waals surface area contributed by atoms with Gasteiger partial charge >= 0.3 is 0 Å². The Bertz CT molecular complexity index is 1030. The quantitative estimate of drug-likeness (QED) is 0.665. The molecular weight excluding hydrogens is 426 g/mol. The van der Waals surface area contributed by atoms with Crippen molar-refractivity contribution in [3.05, 3.63) is 51.7 Å². The number of hydrogen-bond acceptors (Lipinski definition) is 6. The Morgan fingerprint density at radius 2 is 1.91 bits per heavy atom. The van der Waals surface area contributed by atoms with E-state index in [1.54, 1.807) is 17.4 Å². The number of carbonyl (C=O) groups excluding carboxylic acids is 3. The summed E-state index contributed by atoms with van der Waals surface area (Å²) in [7, 11) is 0. The monoisotopic (exact) mass is 453 g/mol. The highest BCUT2D eigenvalue weighted by molar-refractivity contribution is 7.10. The van der Waals surface area contributed by atoms with Crippen LogP contribution in [0.25, 0.3) is 0 Å². The van der Waals surface area contributed by atoms with E-state index in [0.717, 1.165) is 30.0 Å². The standard InChI is InChI=1S/C24H27N3O4S/c1-16(20-8-4-14-32-20)27-23(29)18-6-2-7-19(21(18)24(27)30)26-9-3-5-17(15-26)22(28)25-10-12-31-13-11-25/h2,4,6-8,14,16-17H,3,5,9-13,15H2,1H3/t16-,17-/m0/s1. The van der Waals surface area contributed by atoms with Gasteiger partial charge in [-0.05, 0) is 43.3 Å². The first kappa shape index (κ1) is 21.2. The van der Waals surface area contributed by atoms with Crippen molar-refractivity contribution in [2.75, 3.05) is 44.3 Å². The number of rotatable bonds is 4. The number of hydrogen-bond donors (Lipinski definition) is 0. The van der Waals surface area contributed by atoms with E-state index in [-0.39, 0.29) is 29.7 Å². The summed E-state index contributed by atoms with van der Waals surface area (Å²) in [6.45, 7) is 5.68. The van der Waals surface area contributed by atoms with Crippen molar-refractivity contribution in [2.45, 2.75) is 25.8 Å². The number of amides is 3. The van der Waals surface area contributed by atoms with E-state index in [9.17, 15) is 14.4 Å². The third-order valence-electron chi connectivity index (χ3n) is 6.70. The number of nitrogens with zero attached hydrogens (tertiary/aromatic N) is 3. The van der Waals surface area contributed by atoms with Gasteiger partial charge in [-0.15, -0.1) is 11.3 Å². The van der Waals surface area contributed by atoms with E-state index in [0.29, 0.717) is 44.0 Å². The lowest BCUT2D eigenvalue weighted by molar-refractivity contribution is -0.139. The zero-order valence-electron chi connectivity index (χ0n) is 18.2. The molecule has 2 atom stereocenters. The van der Waals surface area contributed by atoms with Crippen LogP contribution in [0.5, 0.6) is 0 Å². The summed E-state index contributed by atoms with van der Waals surface area (Å²) in [4.78, 5) is 46.1. The van der Waals surface area contributed by atoms with Gasteiger partial charge in [-0.2, -0.15) is 0 Å². The van der Waals surface area contributed by atoms with E-state index < -0.39 is 0 Å². The van der Waals surface area contributed by atoms with Crippen LogP contribution in [0.4, 0.5) is 5.69 Å². The van der Waals surface area contributed by atoms with E-state index in [2.05, 4.69) is 4.90 Å². The molecule has 2 fully saturated rings. The maximum absolute atomic E-state index is 13.5. The molecule has 5 rings (SSSR count). The molecule has 3 aliphatic heterocycles. The van der Waals surface area contributed by atoms with Crippen molar-refractivity contribution in [1.82, 2.24) is 9.80 Å². The summed E-state index contributed by atoms with van der Waals surface area (Å²) in [5.41, 5.74) is 1.69. The molecule has 7 nitrogen and oxygen atoms in total. The van der Waals surface area contributed by atoms with Crippen LogP contribution in [0, 0.1) is 5.92 Å². The van der Waals surface area contributed by atoms with Crippen LogP contribution in [-0.2, 0) is 9.53 Å². The van der Waals surface area contributed by atoms with Crippen LogP contribution in [0.3, 0.4) is 0 Å². The molecule has 0 bridgehead atoms. The Morgan fingerprint density at radius 3 is 2.66 bits per heavy atom. The summed E-state index contributed by atoms with van der Waals surface area (Å²) in [5, 5.41) is 1.95.